The fraction of sp³-hybridized carbons (Fsp3) is 0.588. The lowest BCUT2D eigenvalue weighted by Gasteiger charge is -2.32. The minimum Gasteiger partial charge on any atom is -0.443 e. The van der Waals surface area contributed by atoms with E-state index in [-0.39, 0.29) is 17.5 Å². The Labute approximate surface area is 151 Å². The number of thiazole rings is 1. The lowest BCUT2D eigenvalue weighted by molar-refractivity contribution is 0.232. The van der Waals surface area contributed by atoms with Crippen LogP contribution in [-0.2, 0) is 12.0 Å². The molecule has 2 aromatic rings. The summed E-state index contributed by atoms with van der Waals surface area (Å²) in [6, 6.07) is 0.00844. The predicted molar refractivity (Wildman–Crippen MR) is 97.9 cm³/mol. The van der Waals surface area contributed by atoms with Crippen LogP contribution >= 0.6 is 11.3 Å². The molecule has 0 saturated carbocycles. The van der Waals surface area contributed by atoms with Crippen molar-refractivity contribution in [3.05, 3.63) is 29.4 Å². The minimum absolute atomic E-state index is 0.0844. The van der Waals surface area contributed by atoms with Gasteiger partial charge in [0.25, 0.3) is 0 Å². The van der Waals surface area contributed by atoms with Crippen LogP contribution in [0.1, 0.15) is 45.3 Å². The second kappa shape index (κ2) is 7.43. The Morgan fingerprint density at radius 3 is 2.72 bits per heavy atom. The molecule has 1 aliphatic rings. The summed E-state index contributed by atoms with van der Waals surface area (Å²) >= 11 is 1.65. The van der Waals surface area contributed by atoms with Crippen molar-refractivity contribution in [3.63, 3.8) is 0 Å². The Morgan fingerprint density at radius 1 is 1.36 bits per heavy atom. The standard InChI is InChI=1S/C17H25N5O2S/c1-17(2,3)13-10-19-14(24-13)11-20-15(23)21-12-4-7-22(8-5-12)16-18-6-9-25-16/h6,9-10,12H,4-5,7-8,11H2,1-3H3,(H2,20,21,23). The predicted octanol–water partition coefficient (Wildman–Crippen LogP) is 2.90. The third-order valence-corrected chi connectivity index (χ3v) is 5.05. The summed E-state index contributed by atoms with van der Waals surface area (Å²) in [7, 11) is 0. The van der Waals surface area contributed by atoms with E-state index in [1.54, 1.807) is 17.5 Å². The summed E-state index contributed by atoms with van der Waals surface area (Å²) in [6.45, 7) is 8.31. The lowest BCUT2D eigenvalue weighted by atomic mass is 9.94. The SMILES string of the molecule is CC(C)(C)c1cnc(CNC(=O)NC2CCN(c3nccs3)CC2)o1. The molecular weight excluding hydrogens is 338 g/mol. The normalized spacial score (nSPS) is 16.0. The molecule has 0 aromatic carbocycles. The molecule has 1 fully saturated rings. The number of hydrogen-bond acceptors (Lipinski definition) is 6. The number of oxazole rings is 1. The third kappa shape index (κ3) is 4.72. The smallest absolute Gasteiger partial charge is 0.315 e. The van der Waals surface area contributed by atoms with Crippen LogP contribution in [0, 0.1) is 0 Å². The van der Waals surface area contributed by atoms with Crippen molar-refractivity contribution >= 4 is 22.5 Å². The van der Waals surface area contributed by atoms with E-state index in [1.165, 1.54) is 0 Å². The van der Waals surface area contributed by atoms with Gasteiger partial charge < -0.3 is 20.0 Å². The number of aromatic nitrogens is 2. The molecule has 0 unspecified atom stereocenters. The summed E-state index contributed by atoms with van der Waals surface area (Å²) in [5.74, 6) is 1.35. The molecule has 0 atom stereocenters. The van der Waals surface area contributed by atoms with Crippen LogP contribution in [-0.4, -0.2) is 35.1 Å². The molecule has 136 valence electrons. The molecule has 2 N–H and O–H groups in total. The number of carbonyl (C=O) groups is 1. The van der Waals surface area contributed by atoms with Gasteiger partial charge in [-0.3, -0.25) is 0 Å². The van der Waals surface area contributed by atoms with E-state index in [9.17, 15) is 4.79 Å². The van der Waals surface area contributed by atoms with Gasteiger partial charge in [0.1, 0.15) is 5.76 Å². The van der Waals surface area contributed by atoms with Crippen LogP contribution in [0.5, 0.6) is 0 Å². The van der Waals surface area contributed by atoms with Gasteiger partial charge in [-0.25, -0.2) is 14.8 Å². The van der Waals surface area contributed by atoms with Crippen molar-refractivity contribution in [2.75, 3.05) is 18.0 Å². The summed E-state index contributed by atoms with van der Waals surface area (Å²) in [5.41, 5.74) is -0.0844. The average Bonchev–Trinajstić information content (AvgIpc) is 3.25. The van der Waals surface area contributed by atoms with Gasteiger partial charge in [0.15, 0.2) is 5.13 Å². The third-order valence-electron chi connectivity index (χ3n) is 4.21. The van der Waals surface area contributed by atoms with Crippen LogP contribution in [0.25, 0.3) is 0 Å². The summed E-state index contributed by atoms with van der Waals surface area (Å²) in [5, 5.41) is 8.89. The first-order chi connectivity index (χ1) is 11.9. The maximum absolute atomic E-state index is 12.1. The Bertz CT molecular complexity index is 684. The molecule has 0 bridgehead atoms. The zero-order valence-electron chi connectivity index (χ0n) is 14.9. The Hall–Kier alpha value is -2.09. The number of amides is 2. The van der Waals surface area contributed by atoms with E-state index in [2.05, 4.69) is 46.3 Å². The van der Waals surface area contributed by atoms with Crippen LogP contribution in [0.2, 0.25) is 0 Å². The average molecular weight is 363 g/mol. The highest BCUT2D eigenvalue weighted by Gasteiger charge is 2.22. The number of nitrogens with zero attached hydrogens (tertiary/aromatic N) is 3. The highest BCUT2D eigenvalue weighted by atomic mass is 32.1. The summed E-state index contributed by atoms with van der Waals surface area (Å²) in [6.07, 6.45) is 5.38. The number of carbonyl (C=O) groups excluding carboxylic acids is 1. The minimum atomic E-state index is -0.178. The second-order valence-corrected chi connectivity index (χ2v) is 8.14. The van der Waals surface area contributed by atoms with Crippen molar-refractivity contribution in [2.24, 2.45) is 0 Å². The van der Waals surface area contributed by atoms with E-state index in [0.29, 0.717) is 12.4 Å². The van der Waals surface area contributed by atoms with Crippen LogP contribution in [0.15, 0.2) is 22.2 Å². The van der Waals surface area contributed by atoms with Crippen molar-refractivity contribution in [1.82, 2.24) is 20.6 Å². The first-order valence-electron chi connectivity index (χ1n) is 8.56. The van der Waals surface area contributed by atoms with Gasteiger partial charge >= 0.3 is 6.03 Å². The van der Waals surface area contributed by atoms with Gasteiger partial charge in [0.2, 0.25) is 5.89 Å². The molecule has 25 heavy (non-hydrogen) atoms. The Morgan fingerprint density at radius 2 is 2.12 bits per heavy atom. The monoisotopic (exact) mass is 363 g/mol. The first-order valence-corrected chi connectivity index (χ1v) is 9.44. The number of piperidine rings is 1. The molecule has 3 rings (SSSR count). The molecule has 8 heteroatoms. The van der Waals surface area contributed by atoms with E-state index in [4.69, 9.17) is 4.42 Å². The van der Waals surface area contributed by atoms with Gasteiger partial charge in [-0.05, 0) is 12.8 Å². The van der Waals surface area contributed by atoms with Gasteiger partial charge in [0.05, 0.1) is 12.7 Å². The topological polar surface area (TPSA) is 83.3 Å². The fourth-order valence-corrected chi connectivity index (χ4v) is 3.42. The maximum atomic E-state index is 12.1. The molecule has 1 saturated heterocycles. The molecule has 2 amide bonds. The number of hydrogen-bond donors (Lipinski definition) is 2. The number of anilines is 1. The highest BCUT2D eigenvalue weighted by molar-refractivity contribution is 7.13. The zero-order valence-corrected chi connectivity index (χ0v) is 15.7. The van der Waals surface area contributed by atoms with E-state index < -0.39 is 0 Å². The van der Waals surface area contributed by atoms with Crippen LogP contribution in [0.4, 0.5) is 9.93 Å². The van der Waals surface area contributed by atoms with E-state index in [1.807, 2.05) is 11.6 Å². The van der Waals surface area contributed by atoms with Gasteiger partial charge in [-0.1, -0.05) is 20.8 Å². The molecule has 0 aliphatic carbocycles. The number of rotatable bonds is 4. The maximum Gasteiger partial charge on any atom is 0.315 e. The van der Waals surface area contributed by atoms with Gasteiger partial charge in [-0.2, -0.15) is 0 Å². The summed E-state index contributed by atoms with van der Waals surface area (Å²) < 4.78 is 5.68. The zero-order chi connectivity index (χ0) is 17.9. The van der Waals surface area contributed by atoms with Crippen molar-refractivity contribution < 1.29 is 9.21 Å². The van der Waals surface area contributed by atoms with Crippen molar-refractivity contribution in [2.45, 2.75) is 51.6 Å². The number of urea groups is 1. The summed E-state index contributed by atoms with van der Waals surface area (Å²) in [4.78, 5) is 22.9. The molecule has 0 radical (unpaired) electrons. The molecule has 2 aromatic heterocycles. The van der Waals surface area contributed by atoms with Crippen LogP contribution < -0.4 is 15.5 Å². The Balaban J connectivity index is 1.40. The Kier molecular flexibility index (Phi) is 5.27. The highest BCUT2D eigenvalue weighted by Crippen LogP contribution is 2.23. The molecule has 7 nitrogen and oxygen atoms in total. The van der Waals surface area contributed by atoms with Crippen LogP contribution in [0.3, 0.4) is 0 Å². The molecule has 0 spiro atoms. The van der Waals surface area contributed by atoms with Crippen molar-refractivity contribution in [3.8, 4) is 0 Å². The lowest BCUT2D eigenvalue weighted by Crippen LogP contribution is -2.47. The molecular formula is C17H25N5O2S. The van der Waals surface area contributed by atoms with Gasteiger partial charge in [0, 0.05) is 36.1 Å². The number of nitrogens with one attached hydrogen (secondary N) is 2. The largest absolute Gasteiger partial charge is 0.443 e. The quantitative estimate of drug-likeness (QED) is 0.873. The van der Waals surface area contributed by atoms with Gasteiger partial charge in [-0.15, -0.1) is 11.3 Å². The van der Waals surface area contributed by atoms with E-state index >= 15 is 0 Å². The molecule has 1 aliphatic heterocycles. The first kappa shape index (κ1) is 17.7. The second-order valence-electron chi connectivity index (χ2n) is 7.27. The fourth-order valence-electron chi connectivity index (χ4n) is 2.72. The molecule has 3 heterocycles. The van der Waals surface area contributed by atoms with Crippen molar-refractivity contribution in [1.29, 1.82) is 0 Å². The van der Waals surface area contributed by atoms with E-state index in [0.717, 1.165) is 36.8 Å².